The Hall–Kier alpha value is -2.59. The molecule has 4 heteroatoms. The quantitative estimate of drug-likeness (QED) is 0.648. The minimum atomic E-state index is 0.847. The van der Waals surface area contributed by atoms with E-state index in [0.29, 0.717) is 0 Å². The molecule has 3 aromatic rings. The van der Waals surface area contributed by atoms with Gasteiger partial charge in [0.1, 0.15) is 5.75 Å². The second-order valence-electron chi connectivity index (χ2n) is 6.24. The maximum atomic E-state index is 5.24. The van der Waals surface area contributed by atoms with Crippen molar-refractivity contribution in [3.63, 3.8) is 0 Å². The molecule has 0 unspecified atom stereocenters. The third-order valence-corrected chi connectivity index (χ3v) is 4.08. The lowest BCUT2D eigenvalue weighted by Gasteiger charge is -2.13. The number of pyridine rings is 1. The van der Waals surface area contributed by atoms with Crippen LogP contribution in [0.25, 0.3) is 22.2 Å². The van der Waals surface area contributed by atoms with E-state index in [1.807, 2.05) is 42.5 Å². The molecule has 0 bridgehead atoms. The van der Waals surface area contributed by atoms with Crippen LogP contribution in [0.2, 0.25) is 0 Å². The number of nitrogens with zero attached hydrogens (tertiary/aromatic N) is 2. The Kier molecular flexibility index (Phi) is 5.51. The average Bonchev–Trinajstić information content (AvgIpc) is 2.65. The summed E-state index contributed by atoms with van der Waals surface area (Å²) in [4.78, 5) is 6.99. The third-order valence-electron chi connectivity index (χ3n) is 4.08. The standard InChI is InChI=1S/C21H24N3O/c1-24(2)14-6-13-22-21-15-20(16-9-11-17(25-3)12-10-16)23-19-8-5-4-7-18(19)21/h4-5,7-13,15H,6,14H2,1-3H3,(H,22,23). The zero-order chi connectivity index (χ0) is 17.6. The van der Waals surface area contributed by atoms with Gasteiger partial charge in [-0.2, -0.15) is 0 Å². The van der Waals surface area contributed by atoms with E-state index in [0.717, 1.165) is 46.6 Å². The summed E-state index contributed by atoms with van der Waals surface area (Å²) < 4.78 is 5.24. The molecule has 0 amide bonds. The average molecular weight is 334 g/mol. The molecule has 0 aliphatic rings. The monoisotopic (exact) mass is 334 g/mol. The molecule has 2 aromatic carbocycles. The van der Waals surface area contributed by atoms with Gasteiger partial charge in [-0.15, -0.1) is 0 Å². The fourth-order valence-electron chi connectivity index (χ4n) is 2.71. The minimum absolute atomic E-state index is 0.847. The summed E-state index contributed by atoms with van der Waals surface area (Å²) >= 11 is 0. The Labute approximate surface area is 149 Å². The highest BCUT2D eigenvalue weighted by molar-refractivity contribution is 5.94. The first-order valence-electron chi connectivity index (χ1n) is 8.44. The number of aromatic nitrogens is 1. The normalized spacial score (nSPS) is 11.0. The van der Waals surface area contributed by atoms with Crippen molar-refractivity contribution < 1.29 is 4.74 Å². The van der Waals surface area contributed by atoms with Gasteiger partial charge in [0.25, 0.3) is 0 Å². The van der Waals surface area contributed by atoms with Crippen LogP contribution in [0.4, 0.5) is 5.69 Å². The maximum Gasteiger partial charge on any atom is 0.118 e. The van der Waals surface area contributed by atoms with Crippen molar-refractivity contribution in [1.29, 1.82) is 0 Å². The molecule has 3 rings (SSSR count). The number of para-hydroxylation sites is 1. The van der Waals surface area contributed by atoms with Crippen molar-refractivity contribution >= 4 is 16.6 Å². The third kappa shape index (κ3) is 4.28. The number of benzene rings is 2. The van der Waals surface area contributed by atoms with Crippen LogP contribution in [-0.2, 0) is 0 Å². The Morgan fingerprint density at radius 3 is 2.56 bits per heavy atom. The molecule has 1 radical (unpaired) electrons. The summed E-state index contributed by atoms with van der Waals surface area (Å²) in [6.45, 7) is 3.13. The molecule has 1 heterocycles. The Balaban J connectivity index is 1.91. The molecule has 25 heavy (non-hydrogen) atoms. The molecule has 129 valence electrons. The van der Waals surface area contributed by atoms with E-state index in [4.69, 9.17) is 9.72 Å². The van der Waals surface area contributed by atoms with Crippen molar-refractivity contribution in [3.05, 3.63) is 61.1 Å². The predicted molar refractivity (Wildman–Crippen MR) is 105 cm³/mol. The molecular formula is C21H24N3O. The van der Waals surface area contributed by atoms with Crippen molar-refractivity contribution in [3.8, 4) is 17.0 Å². The lowest BCUT2D eigenvalue weighted by molar-refractivity contribution is 0.412. The molecule has 1 aromatic heterocycles. The fraction of sp³-hybridized carbons (Fsp3) is 0.238. The van der Waals surface area contributed by atoms with E-state index < -0.39 is 0 Å². The number of anilines is 1. The largest absolute Gasteiger partial charge is 0.497 e. The van der Waals surface area contributed by atoms with Crippen LogP contribution in [0.3, 0.4) is 0 Å². The van der Waals surface area contributed by atoms with Gasteiger partial charge in [0.15, 0.2) is 0 Å². The van der Waals surface area contributed by atoms with Gasteiger partial charge in [0.2, 0.25) is 0 Å². The topological polar surface area (TPSA) is 37.4 Å². The Morgan fingerprint density at radius 1 is 1.08 bits per heavy atom. The van der Waals surface area contributed by atoms with Gasteiger partial charge in [-0.05, 0) is 63.5 Å². The van der Waals surface area contributed by atoms with E-state index in [2.05, 4.69) is 43.0 Å². The first kappa shape index (κ1) is 17.2. The number of rotatable bonds is 7. The lowest BCUT2D eigenvalue weighted by Crippen LogP contribution is -2.14. The van der Waals surface area contributed by atoms with Gasteiger partial charge >= 0.3 is 0 Å². The zero-order valence-electron chi connectivity index (χ0n) is 15.0. The van der Waals surface area contributed by atoms with Crippen molar-refractivity contribution in [2.45, 2.75) is 6.42 Å². The summed E-state index contributed by atoms with van der Waals surface area (Å²) in [6, 6.07) is 18.3. The molecule has 0 spiro atoms. The molecule has 0 aliphatic heterocycles. The van der Waals surface area contributed by atoms with E-state index in [-0.39, 0.29) is 0 Å². The van der Waals surface area contributed by atoms with Gasteiger partial charge in [0, 0.05) is 23.2 Å². The number of hydrogen-bond donors (Lipinski definition) is 1. The molecule has 0 aliphatic carbocycles. The Morgan fingerprint density at radius 2 is 1.84 bits per heavy atom. The SMILES string of the molecule is COc1ccc(-c2cc(N[CH]CCN(C)C)c3ccccc3n2)cc1. The van der Waals surface area contributed by atoms with Crippen LogP contribution >= 0.6 is 0 Å². The predicted octanol–water partition coefficient (Wildman–Crippen LogP) is 4.44. The first-order chi connectivity index (χ1) is 12.2. The van der Waals surface area contributed by atoms with Gasteiger partial charge < -0.3 is 15.0 Å². The van der Waals surface area contributed by atoms with Crippen molar-refractivity contribution in [2.75, 3.05) is 33.1 Å². The maximum absolute atomic E-state index is 5.24. The molecule has 1 N–H and O–H groups in total. The van der Waals surface area contributed by atoms with Gasteiger partial charge in [-0.1, -0.05) is 18.2 Å². The van der Waals surface area contributed by atoms with E-state index in [1.165, 1.54) is 0 Å². The van der Waals surface area contributed by atoms with Crippen molar-refractivity contribution in [2.24, 2.45) is 0 Å². The number of hydrogen-bond acceptors (Lipinski definition) is 4. The Bertz CT molecular complexity index is 828. The molecular weight excluding hydrogens is 310 g/mol. The summed E-state index contributed by atoms with van der Waals surface area (Å²) in [6.07, 6.45) is 0.974. The molecule has 0 fully saturated rings. The molecule has 0 atom stereocenters. The molecule has 4 nitrogen and oxygen atoms in total. The highest BCUT2D eigenvalue weighted by Gasteiger charge is 2.08. The van der Waals surface area contributed by atoms with Crippen LogP contribution in [0, 0.1) is 6.54 Å². The molecule has 0 saturated heterocycles. The second-order valence-corrected chi connectivity index (χ2v) is 6.24. The number of ether oxygens (including phenoxy) is 1. The zero-order valence-corrected chi connectivity index (χ0v) is 15.0. The summed E-state index contributed by atoms with van der Waals surface area (Å²) in [7, 11) is 5.84. The minimum Gasteiger partial charge on any atom is -0.497 e. The second kappa shape index (κ2) is 7.99. The summed E-state index contributed by atoms with van der Waals surface area (Å²) in [5, 5.41) is 4.59. The van der Waals surface area contributed by atoms with Crippen LogP contribution in [-0.4, -0.2) is 37.6 Å². The highest BCUT2D eigenvalue weighted by atomic mass is 16.5. The molecule has 0 saturated carbocycles. The van der Waals surface area contributed by atoms with E-state index in [1.54, 1.807) is 7.11 Å². The van der Waals surface area contributed by atoms with Crippen LogP contribution in [0.15, 0.2) is 54.6 Å². The number of fused-ring (bicyclic) bond motifs is 1. The van der Waals surface area contributed by atoms with Crippen LogP contribution < -0.4 is 10.1 Å². The highest BCUT2D eigenvalue weighted by Crippen LogP contribution is 2.29. The number of nitrogens with one attached hydrogen (secondary N) is 1. The van der Waals surface area contributed by atoms with Gasteiger partial charge in [0.05, 0.1) is 18.3 Å². The van der Waals surface area contributed by atoms with Crippen LogP contribution in [0.1, 0.15) is 6.42 Å². The summed E-state index contributed by atoms with van der Waals surface area (Å²) in [5.74, 6) is 0.847. The number of methoxy groups -OCH3 is 1. The fourth-order valence-corrected chi connectivity index (χ4v) is 2.71. The van der Waals surface area contributed by atoms with Crippen LogP contribution in [0.5, 0.6) is 5.75 Å². The van der Waals surface area contributed by atoms with Crippen molar-refractivity contribution in [1.82, 2.24) is 9.88 Å². The van der Waals surface area contributed by atoms with E-state index in [9.17, 15) is 0 Å². The van der Waals surface area contributed by atoms with Gasteiger partial charge in [-0.25, -0.2) is 4.98 Å². The first-order valence-corrected chi connectivity index (χ1v) is 8.44. The van der Waals surface area contributed by atoms with Gasteiger partial charge in [-0.3, -0.25) is 0 Å². The summed E-state index contributed by atoms with van der Waals surface area (Å²) in [5.41, 5.74) is 4.09. The lowest BCUT2D eigenvalue weighted by atomic mass is 10.1. The van der Waals surface area contributed by atoms with E-state index >= 15 is 0 Å². The smallest absolute Gasteiger partial charge is 0.118 e.